The summed E-state index contributed by atoms with van der Waals surface area (Å²) in [5.41, 5.74) is 0.380. The van der Waals surface area contributed by atoms with Gasteiger partial charge in [-0.15, -0.1) is 0 Å². The molecule has 0 spiro atoms. The van der Waals surface area contributed by atoms with Gasteiger partial charge in [-0.1, -0.05) is 11.6 Å². The Morgan fingerprint density at radius 1 is 1.45 bits per heavy atom. The number of rotatable bonds is 2. The fraction of sp³-hybridized carbons (Fsp3) is 0.417. The molecule has 2 heterocycles. The summed E-state index contributed by atoms with van der Waals surface area (Å²) in [7, 11) is -1.86. The van der Waals surface area contributed by atoms with E-state index in [2.05, 4.69) is 5.10 Å². The van der Waals surface area contributed by atoms with E-state index in [4.69, 9.17) is 16.3 Å². The number of halogens is 2. The first-order valence-electron chi connectivity index (χ1n) is 6.42. The zero-order chi connectivity index (χ0) is 14.3. The van der Waals surface area contributed by atoms with Gasteiger partial charge in [0.25, 0.3) is 0 Å². The van der Waals surface area contributed by atoms with E-state index in [1.54, 1.807) is 4.68 Å². The Labute approximate surface area is 120 Å². The Kier molecular flexibility index (Phi) is 3.68. The van der Waals surface area contributed by atoms with Crippen molar-refractivity contribution in [1.82, 2.24) is 9.78 Å². The first-order chi connectivity index (χ1) is 9.59. The van der Waals surface area contributed by atoms with E-state index in [1.807, 2.05) is 0 Å². The van der Waals surface area contributed by atoms with Gasteiger partial charge in [-0.2, -0.15) is 5.10 Å². The molecule has 1 aromatic heterocycles. The van der Waals surface area contributed by atoms with E-state index >= 15 is 0 Å². The third kappa shape index (κ3) is 2.20. The van der Waals surface area contributed by atoms with Gasteiger partial charge in [-0.3, -0.25) is 0 Å². The summed E-state index contributed by atoms with van der Waals surface area (Å²) in [6.07, 6.45) is 3.99. The van der Waals surface area contributed by atoms with Crippen molar-refractivity contribution in [3.05, 3.63) is 23.1 Å². The van der Waals surface area contributed by atoms with Gasteiger partial charge in [0.2, 0.25) is 0 Å². The highest BCUT2D eigenvalue weighted by atomic mass is 35.5. The average molecular weight is 299 g/mol. The van der Waals surface area contributed by atoms with Crippen molar-refractivity contribution in [2.45, 2.75) is 25.5 Å². The second-order valence-electron chi connectivity index (χ2n) is 4.80. The summed E-state index contributed by atoms with van der Waals surface area (Å²) in [6, 6.07) is 1.24. The number of fused-ring (bicyclic) bond motifs is 1. The third-order valence-corrected chi connectivity index (χ3v) is 3.90. The smallest absolute Gasteiger partial charge is 0.423 e. The molecule has 8 heteroatoms. The van der Waals surface area contributed by atoms with Crippen LogP contribution in [-0.2, 0) is 4.74 Å². The molecular weight excluding hydrogens is 285 g/mol. The van der Waals surface area contributed by atoms with Crippen LogP contribution in [0.3, 0.4) is 0 Å². The van der Waals surface area contributed by atoms with Gasteiger partial charge in [-0.05, 0) is 19.3 Å². The Balaban J connectivity index is 2.17. The minimum absolute atomic E-state index is 0.0660. The summed E-state index contributed by atoms with van der Waals surface area (Å²) in [6.45, 7) is 0.636. The summed E-state index contributed by atoms with van der Waals surface area (Å²) in [5.74, 6) is -0.708. The maximum atomic E-state index is 13.9. The van der Waals surface area contributed by atoms with E-state index in [-0.39, 0.29) is 16.7 Å². The van der Waals surface area contributed by atoms with Crippen molar-refractivity contribution in [3.8, 4) is 0 Å². The summed E-state index contributed by atoms with van der Waals surface area (Å²) in [5, 5.41) is 23.1. The molecule has 0 bridgehead atoms. The van der Waals surface area contributed by atoms with E-state index < -0.39 is 12.9 Å². The van der Waals surface area contributed by atoms with Crippen molar-refractivity contribution in [2.24, 2.45) is 0 Å². The number of hydrogen-bond donors (Lipinski definition) is 2. The van der Waals surface area contributed by atoms with Crippen molar-refractivity contribution in [3.63, 3.8) is 0 Å². The van der Waals surface area contributed by atoms with Crippen LogP contribution in [0, 0.1) is 5.82 Å². The summed E-state index contributed by atoms with van der Waals surface area (Å²) in [4.78, 5) is 0. The molecule has 2 N–H and O–H groups in total. The van der Waals surface area contributed by atoms with Crippen molar-refractivity contribution in [2.75, 3.05) is 6.61 Å². The van der Waals surface area contributed by atoms with Gasteiger partial charge < -0.3 is 14.8 Å². The predicted molar refractivity (Wildman–Crippen MR) is 73.4 cm³/mol. The van der Waals surface area contributed by atoms with Crippen LogP contribution in [0.1, 0.15) is 25.5 Å². The van der Waals surface area contributed by atoms with Crippen LogP contribution in [0.25, 0.3) is 10.9 Å². The van der Waals surface area contributed by atoms with Crippen LogP contribution in [0.4, 0.5) is 4.39 Å². The van der Waals surface area contributed by atoms with E-state index in [0.29, 0.717) is 17.5 Å². The maximum absolute atomic E-state index is 13.9. The van der Waals surface area contributed by atoms with Crippen LogP contribution in [0.5, 0.6) is 0 Å². The Morgan fingerprint density at radius 2 is 2.25 bits per heavy atom. The molecule has 1 aliphatic heterocycles. The third-order valence-electron chi connectivity index (χ3n) is 3.52. The number of ether oxygens (including phenoxy) is 1. The fourth-order valence-electron chi connectivity index (χ4n) is 2.55. The van der Waals surface area contributed by atoms with Gasteiger partial charge in [0.15, 0.2) is 6.23 Å². The molecule has 1 fully saturated rings. The molecule has 0 radical (unpaired) electrons. The molecule has 2 aromatic rings. The van der Waals surface area contributed by atoms with Gasteiger partial charge in [0.1, 0.15) is 5.82 Å². The van der Waals surface area contributed by atoms with Gasteiger partial charge in [-0.25, -0.2) is 9.07 Å². The topological polar surface area (TPSA) is 67.5 Å². The van der Waals surface area contributed by atoms with Crippen molar-refractivity contribution < 1.29 is 19.2 Å². The quantitative estimate of drug-likeness (QED) is 0.818. The lowest BCUT2D eigenvalue weighted by molar-refractivity contribution is -0.0366. The molecule has 5 nitrogen and oxygen atoms in total. The van der Waals surface area contributed by atoms with E-state index in [0.717, 1.165) is 19.3 Å². The molecule has 0 aliphatic carbocycles. The van der Waals surface area contributed by atoms with Crippen LogP contribution in [0.2, 0.25) is 5.02 Å². The molecule has 20 heavy (non-hydrogen) atoms. The zero-order valence-corrected chi connectivity index (χ0v) is 11.3. The monoisotopic (exact) mass is 298 g/mol. The Hall–Kier alpha value is -1.15. The lowest BCUT2D eigenvalue weighted by Crippen LogP contribution is -2.32. The lowest BCUT2D eigenvalue weighted by Gasteiger charge is -2.23. The highest BCUT2D eigenvalue weighted by Gasteiger charge is 2.26. The molecule has 1 saturated heterocycles. The van der Waals surface area contributed by atoms with Gasteiger partial charge in [0, 0.05) is 23.5 Å². The lowest BCUT2D eigenvalue weighted by atomic mass is 9.78. The largest absolute Gasteiger partial charge is 0.490 e. The van der Waals surface area contributed by atoms with Gasteiger partial charge >= 0.3 is 7.12 Å². The first kappa shape index (κ1) is 13.8. The molecular formula is C12H13BClFN2O3. The molecule has 1 aliphatic rings. The highest BCUT2D eigenvalue weighted by molar-refractivity contribution is 6.66. The molecule has 1 aromatic carbocycles. The molecule has 1 atom stereocenters. The van der Waals surface area contributed by atoms with E-state index in [9.17, 15) is 14.4 Å². The zero-order valence-electron chi connectivity index (χ0n) is 10.6. The minimum atomic E-state index is -1.86. The summed E-state index contributed by atoms with van der Waals surface area (Å²) >= 11 is 5.80. The number of aromatic nitrogens is 2. The molecule has 106 valence electrons. The van der Waals surface area contributed by atoms with Crippen molar-refractivity contribution >= 4 is 35.1 Å². The SMILES string of the molecule is OB(O)c1c(Cl)c(F)cc2c1cnn2C1CCCCO1. The molecule has 3 rings (SSSR count). The second kappa shape index (κ2) is 5.33. The molecule has 0 amide bonds. The fourth-order valence-corrected chi connectivity index (χ4v) is 2.81. The van der Waals surface area contributed by atoms with Crippen LogP contribution < -0.4 is 5.46 Å². The molecule has 0 saturated carbocycles. The highest BCUT2D eigenvalue weighted by Crippen LogP contribution is 2.28. The second-order valence-corrected chi connectivity index (χ2v) is 5.18. The first-order valence-corrected chi connectivity index (χ1v) is 6.80. The van der Waals surface area contributed by atoms with Crippen molar-refractivity contribution in [1.29, 1.82) is 0 Å². The average Bonchev–Trinajstić information content (AvgIpc) is 2.83. The maximum Gasteiger partial charge on any atom is 0.490 e. The Morgan fingerprint density at radius 3 is 2.90 bits per heavy atom. The van der Waals surface area contributed by atoms with Crippen LogP contribution in [-0.4, -0.2) is 33.6 Å². The number of hydrogen-bond acceptors (Lipinski definition) is 4. The van der Waals surface area contributed by atoms with Crippen LogP contribution in [0.15, 0.2) is 12.3 Å². The van der Waals surface area contributed by atoms with Gasteiger partial charge in [0.05, 0.1) is 16.7 Å². The summed E-state index contributed by atoms with van der Waals surface area (Å²) < 4.78 is 21.0. The minimum Gasteiger partial charge on any atom is -0.423 e. The standard InChI is InChI=1S/C12H13BClFN2O3/c14-12-8(15)5-9-7(11(12)13(18)19)6-16-17(9)10-3-1-2-4-20-10/h5-6,10,18-19H,1-4H2. The molecule has 1 unspecified atom stereocenters. The number of nitrogens with zero attached hydrogens (tertiary/aromatic N) is 2. The normalized spacial score (nSPS) is 19.5. The predicted octanol–water partition coefficient (Wildman–Crippen LogP) is 1.21. The van der Waals surface area contributed by atoms with E-state index in [1.165, 1.54) is 12.3 Å². The van der Waals surface area contributed by atoms with Crippen LogP contribution >= 0.6 is 11.6 Å². The number of benzene rings is 1. The Bertz CT molecular complexity index is 643.